The van der Waals surface area contributed by atoms with Crippen molar-refractivity contribution in [3.8, 4) is 0 Å². The SMILES string of the molecule is Cc1sc2nc(CSCc3cccc(Cl)c3)[nH]c(=O)c2c1C. The molecule has 3 aromatic rings. The molecule has 0 aliphatic carbocycles. The summed E-state index contributed by atoms with van der Waals surface area (Å²) in [7, 11) is 0. The molecule has 0 saturated carbocycles. The second-order valence-electron chi connectivity index (χ2n) is 5.10. The summed E-state index contributed by atoms with van der Waals surface area (Å²) in [5, 5.41) is 1.47. The summed E-state index contributed by atoms with van der Waals surface area (Å²) in [5.74, 6) is 2.24. The number of nitrogens with zero attached hydrogens (tertiary/aromatic N) is 1. The third kappa shape index (κ3) is 3.21. The van der Waals surface area contributed by atoms with Crippen LogP contribution < -0.4 is 5.56 Å². The molecule has 2 heterocycles. The van der Waals surface area contributed by atoms with Crippen molar-refractivity contribution in [1.82, 2.24) is 9.97 Å². The van der Waals surface area contributed by atoms with Crippen LogP contribution in [0.15, 0.2) is 29.1 Å². The van der Waals surface area contributed by atoms with Gasteiger partial charge < -0.3 is 4.98 Å². The molecule has 22 heavy (non-hydrogen) atoms. The van der Waals surface area contributed by atoms with E-state index in [1.165, 1.54) is 5.56 Å². The highest BCUT2D eigenvalue weighted by Crippen LogP contribution is 2.26. The molecule has 0 spiro atoms. The van der Waals surface area contributed by atoms with Crippen molar-refractivity contribution in [2.24, 2.45) is 0 Å². The van der Waals surface area contributed by atoms with E-state index in [0.717, 1.165) is 37.3 Å². The van der Waals surface area contributed by atoms with Crippen LogP contribution in [0.2, 0.25) is 5.02 Å². The molecule has 2 aromatic heterocycles. The van der Waals surface area contributed by atoms with Gasteiger partial charge in [0.2, 0.25) is 0 Å². The van der Waals surface area contributed by atoms with Gasteiger partial charge >= 0.3 is 0 Å². The largest absolute Gasteiger partial charge is 0.309 e. The van der Waals surface area contributed by atoms with E-state index in [9.17, 15) is 4.79 Å². The fourth-order valence-corrected chi connectivity index (χ4v) is 4.37. The average Bonchev–Trinajstić information content (AvgIpc) is 2.74. The lowest BCUT2D eigenvalue weighted by Gasteiger charge is -2.03. The quantitative estimate of drug-likeness (QED) is 0.742. The maximum Gasteiger partial charge on any atom is 0.259 e. The number of benzene rings is 1. The van der Waals surface area contributed by atoms with Crippen LogP contribution in [0.1, 0.15) is 21.8 Å². The van der Waals surface area contributed by atoms with Crippen LogP contribution in [0.5, 0.6) is 0 Å². The Hall–Kier alpha value is -1.30. The molecule has 1 N–H and O–H groups in total. The standard InChI is InChI=1S/C16H15ClN2OS2/c1-9-10(2)22-16-14(9)15(20)18-13(19-16)8-21-7-11-4-3-5-12(17)6-11/h3-6H,7-8H2,1-2H3,(H,18,19,20). The molecule has 0 aliphatic heterocycles. The lowest BCUT2D eigenvalue weighted by atomic mass is 10.2. The topological polar surface area (TPSA) is 45.8 Å². The van der Waals surface area contributed by atoms with Crippen molar-refractivity contribution in [2.45, 2.75) is 25.4 Å². The number of aryl methyl sites for hydroxylation is 2. The molecule has 114 valence electrons. The van der Waals surface area contributed by atoms with Gasteiger partial charge in [0.1, 0.15) is 10.7 Å². The van der Waals surface area contributed by atoms with Crippen LogP contribution in [0.4, 0.5) is 0 Å². The summed E-state index contributed by atoms with van der Waals surface area (Å²) in [4.78, 5) is 21.7. The van der Waals surface area contributed by atoms with Gasteiger partial charge in [0, 0.05) is 15.7 Å². The predicted octanol–water partition coefficient (Wildman–Crippen LogP) is 4.69. The Morgan fingerprint density at radius 1 is 1.32 bits per heavy atom. The van der Waals surface area contributed by atoms with E-state index in [2.05, 4.69) is 9.97 Å². The molecule has 3 rings (SSSR count). The van der Waals surface area contributed by atoms with Gasteiger partial charge in [-0.15, -0.1) is 23.1 Å². The summed E-state index contributed by atoms with van der Waals surface area (Å²) in [6.07, 6.45) is 0. The van der Waals surface area contributed by atoms with Crippen molar-refractivity contribution in [3.63, 3.8) is 0 Å². The van der Waals surface area contributed by atoms with Gasteiger partial charge in [-0.3, -0.25) is 4.79 Å². The van der Waals surface area contributed by atoms with Gasteiger partial charge in [0.05, 0.1) is 11.1 Å². The molecule has 0 bridgehead atoms. The Morgan fingerprint density at radius 2 is 2.14 bits per heavy atom. The Kier molecular flexibility index (Phi) is 4.57. The Labute approximate surface area is 141 Å². The third-order valence-corrected chi connectivity index (χ3v) is 5.84. The molecule has 0 atom stereocenters. The first-order valence-corrected chi connectivity index (χ1v) is 9.20. The van der Waals surface area contributed by atoms with Crippen molar-refractivity contribution in [2.75, 3.05) is 0 Å². The summed E-state index contributed by atoms with van der Waals surface area (Å²) >= 11 is 9.27. The highest BCUT2D eigenvalue weighted by molar-refractivity contribution is 7.97. The van der Waals surface area contributed by atoms with E-state index in [0.29, 0.717) is 5.75 Å². The average molecular weight is 351 g/mol. The van der Waals surface area contributed by atoms with Gasteiger partial charge in [0.15, 0.2) is 0 Å². The van der Waals surface area contributed by atoms with Gasteiger partial charge in [-0.25, -0.2) is 4.98 Å². The van der Waals surface area contributed by atoms with E-state index in [1.807, 2.05) is 38.1 Å². The second kappa shape index (κ2) is 6.44. The van der Waals surface area contributed by atoms with Gasteiger partial charge in [-0.05, 0) is 37.1 Å². The smallest absolute Gasteiger partial charge is 0.259 e. The van der Waals surface area contributed by atoms with Crippen LogP contribution in [0, 0.1) is 13.8 Å². The van der Waals surface area contributed by atoms with Crippen LogP contribution in [-0.4, -0.2) is 9.97 Å². The number of aromatic nitrogens is 2. The molecular formula is C16H15ClN2OS2. The van der Waals surface area contributed by atoms with Crippen LogP contribution >= 0.6 is 34.7 Å². The number of aromatic amines is 1. The molecular weight excluding hydrogens is 336 g/mol. The Morgan fingerprint density at radius 3 is 2.91 bits per heavy atom. The molecule has 6 heteroatoms. The zero-order valence-electron chi connectivity index (χ0n) is 12.3. The summed E-state index contributed by atoms with van der Waals surface area (Å²) in [5.41, 5.74) is 2.17. The zero-order chi connectivity index (χ0) is 15.7. The predicted molar refractivity (Wildman–Crippen MR) is 96.2 cm³/mol. The minimum Gasteiger partial charge on any atom is -0.309 e. The molecule has 0 amide bonds. The van der Waals surface area contributed by atoms with E-state index in [1.54, 1.807) is 23.1 Å². The number of rotatable bonds is 4. The number of thioether (sulfide) groups is 1. The Balaban J connectivity index is 1.76. The van der Waals surface area contributed by atoms with Gasteiger partial charge in [-0.1, -0.05) is 23.7 Å². The normalized spacial score (nSPS) is 11.2. The van der Waals surface area contributed by atoms with E-state index in [-0.39, 0.29) is 5.56 Å². The number of H-pyrrole nitrogens is 1. The van der Waals surface area contributed by atoms with Gasteiger partial charge in [0.25, 0.3) is 5.56 Å². The Bertz CT molecular complexity index is 885. The fourth-order valence-electron chi connectivity index (χ4n) is 2.26. The van der Waals surface area contributed by atoms with E-state index in [4.69, 9.17) is 11.6 Å². The fraction of sp³-hybridized carbons (Fsp3) is 0.250. The first-order chi connectivity index (χ1) is 10.5. The molecule has 0 fully saturated rings. The summed E-state index contributed by atoms with van der Waals surface area (Å²) < 4.78 is 0. The maximum absolute atomic E-state index is 12.2. The van der Waals surface area contributed by atoms with Crippen LogP contribution in [0.3, 0.4) is 0 Å². The minimum atomic E-state index is -0.0368. The van der Waals surface area contributed by atoms with Crippen molar-refractivity contribution >= 4 is 44.9 Å². The summed E-state index contributed by atoms with van der Waals surface area (Å²) in [6.45, 7) is 3.99. The van der Waals surface area contributed by atoms with E-state index >= 15 is 0 Å². The van der Waals surface area contributed by atoms with Crippen molar-refractivity contribution < 1.29 is 0 Å². The van der Waals surface area contributed by atoms with Crippen molar-refractivity contribution in [3.05, 3.63) is 61.5 Å². The first kappa shape index (κ1) is 15.6. The minimum absolute atomic E-state index is 0.0368. The number of halogens is 1. The molecule has 1 aromatic carbocycles. The number of hydrogen-bond acceptors (Lipinski definition) is 4. The summed E-state index contributed by atoms with van der Waals surface area (Å²) in [6, 6.07) is 7.82. The van der Waals surface area contributed by atoms with Crippen LogP contribution in [-0.2, 0) is 11.5 Å². The van der Waals surface area contributed by atoms with Crippen LogP contribution in [0.25, 0.3) is 10.2 Å². The zero-order valence-corrected chi connectivity index (χ0v) is 14.7. The molecule has 0 saturated heterocycles. The second-order valence-corrected chi connectivity index (χ2v) is 7.72. The molecule has 0 radical (unpaired) electrons. The third-order valence-electron chi connectivity index (χ3n) is 3.48. The first-order valence-electron chi connectivity index (χ1n) is 6.85. The highest BCUT2D eigenvalue weighted by atomic mass is 35.5. The maximum atomic E-state index is 12.2. The van der Waals surface area contributed by atoms with Gasteiger partial charge in [-0.2, -0.15) is 0 Å². The van der Waals surface area contributed by atoms with Crippen molar-refractivity contribution in [1.29, 1.82) is 0 Å². The number of hydrogen-bond donors (Lipinski definition) is 1. The lowest BCUT2D eigenvalue weighted by molar-refractivity contribution is 1.04. The monoisotopic (exact) mass is 350 g/mol. The number of fused-ring (bicyclic) bond motifs is 1. The number of nitrogens with one attached hydrogen (secondary N) is 1. The molecule has 0 aliphatic rings. The lowest BCUT2D eigenvalue weighted by Crippen LogP contribution is -2.10. The number of thiophene rings is 1. The molecule has 0 unspecified atom stereocenters. The van der Waals surface area contributed by atoms with E-state index < -0.39 is 0 Å². The molecule has 3 nitrogen and oxygen atoms in total. The highest BCUT2D eigenvalue weighted by Gasteiger charge is 2.11.